The fourth-order valence-electron chi connectivity index (χ4n) is 5.02. The van der Waals surface area contributed by atoms with Crippen molar-refractivity contribution in [2.24, 2.45) is 10.9 Å². The maximum absolute atomic E-state index is 6.28. The molecular weight excluding hydrogens is 370 g/mol. The fourth-order valence-corrected chi connectivity index (χ4v) is 5.22. The zero-order valence-corrected chi connectivity index (χ0v) is 17.0. The van der Waals surface area contributed by atoms with E-state index in [1.54, 1.807) is 0 Å². The van der Waals surface area contributed by atoms with Crippen LogP contribution in [0.25, 0.3) is 5.69 Å². The van der Waals surface area contributed by atoms with Gasteiger partial charge >= 0.3 is 0 Å². The van der Waals surface area contributed by atoms with Gasteiger partial charge in [0.2, 0.25) is 0 Å². The molecule has 1 atom stereocenters. The molecule has 0 N–H and O–H groups in total. The molecule has 1 fully saturated rings. The van der Waals surface area contributed by atoms with Gasteiger partial charge < -0.3 is 0 Å². The van der Waals surface area contributed by atoms with Crippen molar-refractivity contribution in [1.82, 2.24) is 19.7 Å². The van der Waals surface area contributed by atoms with Crippen LogP contribution in [0.4, 0.5) is 0 Å². The number of nitrogens with zero attached hydrogens (tertiary/aromatic N) is 5. The quantitative estimate of drug-likeness (QED) is 0.749. The molecule has 28 heavy (non-hydrogen) atoms. The topological polar surface area (TPSA) is 46.3 Å². The predicted octanol–water partition coefficient (Wildman–Crippen LogP) is 4.54. The summed E-state index contributed by atoms with van der Waals surface area (Å²) < 4.78 is 2.31. The minimum absolute atomic E-state index is 0.465. The number of allylic oxidation sites excluding steroid dienone is 1. The minimum atomic E-state index is 0.465. The van der Waals surface area contributed by atoms with Crippen LogP contribution in [0.3, 0.4) is 0 Å². The molecule has 0 spiro atoms. The molecule has 0 saturated heterocycles. The Balaban J connectivity index is 1.42. The van der Waals surface area contributed by atoms with Crippen LogP contribution in [0.2, 0.25) is 5.02 Å². The zero-order chi connectivity index (χ0) is 19.1. The Hall–Kier alpha value is -1.98. The summed E-state index contributed by atoms with van der Waals surface area (Å²) in [6, 6.07) is 6.66. The third-order valence-electron chi connectivity index (χ3n) is 6.45. The molecule has 6 heteroatoms. The maximum atomic E-state index is 6.28. The van der Waals surface area contributed by atoms with Crippen LogP contribution in [0.1, 0.15) is 55.2 Å². The van der Waals surface area contributed by atoms with Gasteiger partial charge in [-0.2, -0.15) is 0 Å². The summed E-state index contributed by atoms with van der Waals surface area (Å²) in [6.45, 7) is 1.68. The van der Waals surface area contributed by atoms with E-state index in [0.717, 1.165) is 49.0 Å². The summed E-state index contributed by atoms with van der Waals surface area (Å²) in [6.07, 6.45) is 12.1. The number of hydrogen-bond donors (Lipinski definition) is 0. The Morgan fingerprint density at radius 1 is 1.07 bits per heavy atom. The van der Waals surface area contributed by atoms with Gasteiger partial charge in [0, 0.05) is 23.7 Å². The smallest absolute Gasteiger partial charge is 0.151 e. The summed E-state index contributed by atoms with van der Waals surface area (Å²) in [4.78, 5) is 6.98. The number of benzene rings is 1. The van der Waals surface area contributed by atoms with E-state index in [0.29, 0.717) is 17.9 Å². The first-order valence-corrected chi connectivity index (χ1v) is 10.7. The average molecular weight is 396 g/mol. The van der Waals surface area contributed by atoms with Gasteiger partial charge in [-0.3, -0.25) is 14.5 Å². The third kappa shape index (κ3) is 3.31. The fraction of sp³-hybridized carbons (Fsp3) is 0.500. The molecule has 1 aromatic carbocycles. The number of aliphatic imine (C=N–C) groups is 1. The number of hydrogen-bond acceptors (Lipinski definition) is 4. The van der Waals surface area contributed by atoms with E-state index < -0.39 is 0 Å². The molecule has 5 rings (SSSR count). The molecule has 1 aliphatic carbocycles. The molecular formula is C22H26ClN5. The van der Waals surface area contributed by atoms with E-state index >= 15 is 0 Å². The summed E-state index contributed by atoms with van der Waals surface area (Å²) in [5.74, 6) is 3.32. The highest BCUT2D eigenvalue weighted by atomic mass is 35.5. The van der Waals surface area contributed by atoms with Gasteiger partial charge in [-0.25, -0.2) is 0 Å². The monoisotopic (exact) mass is 395 g/mol. The Bertz CT molecular complexity index is 923. The molecule has 0 radical (unpaired) electrons. The largest absolute Gasteiger partial charge is 0.295 e. The van der Waals surface area contributed by atoms with Crippen molar-refractivity contribution < 1.29 is 0 Å². The second-order valence-corrected chi connectivity index (χ2v) is 8.83. The van der Waals surface area contributed by atoms with Crippen molar-refractivity contribution >= 4 is 17.8 Å². The molecule has 1 unspecified atom stereocenters. The van der Waals surface area contributed by atoms with Crippen LogP contribution in [-0.4, -0.2) is 39.0 Å². The van der Waals surface area contributed by atoms with Crippen molar-refractivity contribution in [3.63, 3.8) is 0 Å². The van der Waals surface area contributed by atoms with Gasteiger partial charge in [0.15, 0.2) is 5.82 Å². The highest BCUT2D eigenvalue weighted by Crippen LogP contribution is 2.40. The number of rotatable bonds is 2. The zero-order valence-electron chi connectivity index (χ0n) is 16.3. The Kier molecular flexibility index (Phi) is 4.81. The number of halogens is 1. The normalized spacial score (nSPS) is 27.3. The summed E-state index contributed by atoms with van der Waals surface area (Å²) >= 11 is 6.28. The van der Waals surface area contributed by atoms with E-state index in [4.69, 9.17) is 16.6 Å². The molecule has 5 nitrogen and oxygen atoms in total. The molecule has 1 aromatic heterocycles. The van der Waals surface area contributed by atoms with Crippen LogP contribution in [-0.2, 0) is 13.1 Å². The van der Waals surface area contributed by atoms with Gasteiger partial charge in [-0.15, -0.1) is 10.2 Å². The van der Waals surface area contributed by atoms with E-state index in [1.807, 2.05) is 12.3 Å². The second-order valence-electron chi connectivity index (χ2n) is 8.40. The van der Waals surface area contributed by atoms with Crippen molar-refractivity contribution in [3.8, 4) is 5.69 Å². The first-order chi connectivity index (χ1) is 13.7. The Morgan fingerprint density at radius 2 is 1.93 bits per heavy atom. The van der Waals surface area contributed by atoms with Gasteiger partial charge in [0.25, 0.3) is 0 Å². The molecule has 1 saturated carbocycles. The van der Waals surface area contributed by atoms with E-state index in [2.05, 4.69) is 51.0 Å². The van der Waals surface area contributed by atoms with E-state index in [-0.39, 0.29) is 0 Å². The predicted molar refractivity (Wildman–Crippen MR) is 112 cm³/mol. The van der Waals surface area contributed by atoms with Crippen molar-refractivity contribution in [2.75, 3.05) is 7.05 Å². The molecule has 2 aliphatic heterocycles. The number of aromatic nitrogens is 3. The highest BCUT2D eigenvalue weighted by Gasteiger charge is 2.32. The van der Waals surface area contributed by atoms with Crippen LogP contribution < -0.4 is 0 Å². The van der Waals surface area contributed by atoms with Crippen molar-refractivity contribution in [3.05, 3.63) is 52.6 Å². The van der Waals surface area contributed by atoms with Crippen molar-refractivity contribution in [1.29, 1.82) is 0 Å². The van der Waals surface area contributed by atoms with Crippen LogP contribution in [0.15, 0.2) is 35.3 Å². The number of fused-ring (bicyclic) bond motifs is 3. The molecule has 2 aromatic rings. The lowest BCUT2D eigenvalue weighted by Gasteiger charge is -2.32. The van der Waals surface area contributed by atoms with E-state index in [1.165, 1.54) is 24.1 Å². The second kappa shape index (κ2) is 7.45. The highest BCUT2D eigenvalue weighted by molar-refractivity contribution is 6.30. The molecule has 3 aliphatic rings. The lowest BCUT2D eigenvalue weighted by Crippen LogP contribution is -2.25. The van der Waals surface area contributed by atoms with Gasteiger partial charge in [-0.05, 0) is 74.9 Å². The standard InChI is InChI=1S/C22H26ClN5/c1-27-13-17-12-18(23)9-10-20(17)28-21(14-27)25-26-22(28)16-7-5-15(6-8-16)19-4-2-3-11-24-19/h2-3,9-12,15-16,19H,4-8,13-14H2,1H3/t15-,16+,19?. The molecule has 0 bridgehead atoms. The molecule has 3 heterocycles. The van der Waals surface area contributed by atoms with Crippen molar-refractivity contribution in [2.45, 2.75) is 57.2 Å². The van der Waals surface area contributed by atoms with Crippen LogP contribution in [0, 0.1) is 5.92 Å². The minimum Gasteiger partial charge on any atom is -0.295 e. The van der Waals surface area contributed by atoms with Gasteiger partial charge in [0.1, 0.15) is 5.82 Å². The summed E-state index contributed by atoms with van der Waals surface area (Å²) in [7, 11) is 2.12. The van der Waals surface area contributed by atoms with Gasteiger partial charge in [0.05, 0.1) is 18.3 Å². The first kappa shape index (κ1) is 18.1. The van der Waals surface area contributed by atoms with Crippen LogP contribution >= 0.6 is 11.6 Å². The lowest BCUT2D eigenvalue weighted by atomic mass is 9.77. The summed E-state index contributed by atoms with van der Waals surface area (Å²) in [5, 5.41) is 10.0. The lowest BCUT2D eigenvalue weighted by molar-refractivity contribution is 0.277. The average Bonchev–Trinajstić information content (AvgIpc) is 3.06. The Labute approximate surface area is 171 Å². The van der Waals surface area contributed by atoms with Crippen LogP contribution in [0.5, 0.6) is 0 Å². The first-order valence-electron chi connectivity index (χ1n) is 10.3. The van der Waals surface area contributed by atoms with Gasteiger partial charge in [-0.1, -0.05) is 17.7 Å². The number of dihydropyridines is 1. The molecule has 146 valence electrons. The summed E-state index contributed by atoms with van der Waals surface area (Å²) in [5.41, 5.74) is 2.43. The third-order valence-corrected chi connectivity index (χ3v) is 6.68. The molecule has 0 amide bonds. The van der Waals surface area contributed by atoms with E-state index in [9.17, 15) is 0 Å². The maximum Gasteiger partial charge on any atom is 0.151 e. The SMILES string of the molecule is CN1Cc2cc(Cl)ccc2-n2c(nnc2[C@H]2CC[C@@H](C3CC=CC=N3)CC2)C1. The Morgan fingerprint density at radius 3 is 2.71 bits per heavy atom.